The Balaban J connectivity index is 1.63. The van der Waals surface area contributed by atoms with Gasteiger partial charge in [-0.1, -0.05) is 6.07 Å². The van der Waals surface area contributed by atoms with Gasteiger partial charge in [0, 0.05) is 18.0 Å². The standard InChI is InChI=1S/C16H17N5O3/c1-11(8-14(22)15-6-3-7-24-15)18-16(23)12-4-2-5-13(9-12)21-10-17-19-20-21/h2-7,9-11,14,22H,8H2,1H3,(H,18,23). The number of furan rings is 1. The summed E-state index contributed by atoms with van der Waals surface area (Å²) in [6.45, 7) is 1.83. The van der Waals surface area contributed by atoms with E-state index in [0.717, 1.165) is 0 Å². The average molecular weight is 327 g/mol. The number of rotatable bonds is 6. The fourth-order valence-electron chi connectivity index (χ4n) is 2.37. The number of amides is 1. The number of benzene rings is 1. The van der Waals surface area contributed by atoms with Crippen LogP contribution in [0.25, 0.3) is 5.69 Å². The molecule has 0 saturated carbocycles. The maximum atomic E-state index is 12.4. The van der Waals surface area contributed by atoms with Crippen molar-refractivity contribution in [2.45, 2.75) is 25.5 Å². The van der Waals surface area contributed by atoms with Crippen molar-refractivity contribution < 1.29 is 14.3 Å². The molecular formula is C16H17N5O3. The van der Waals surface area contributed by atoms with Crippen molar-refractivity contribution in [2.75, 3.05) is 0 Å². The van der Waals surface area contributed by atoms with Crippen molar-refractivity contribution in [2.24, 2.45) is 0 Å². The highest BCUT2D eigenvalue weighted by Gasteiger charge is 2.17. The minimum atomic E-state index is -0.761. The first-order valence-corrected chi connectivity index (χ1v) is 7.49. The van der Waals surface area contributed by atoms with Gasteiger partial charge in [0.05, 0.1) is 12.0 Å². The summed E-state index contributed by atoms with van der Waals surface area (Å²) in [5.74, 6) is 0.251. The molecule has 2 aromatic heterocycles. The predicted octanol–water partition coefficient (Wildman–Crippen LogP) is 1.50. The van der Waals surface area contributed by atoms with Gasteiger partial charge in [-0.25, -0.2) is 4.68 Å². The van der Waals surface area contributed by atoms with Crippen molar-refractivity contribution in [1.82, 2.24) is 25.5 Å². The summed E-state index contributed by atoms with van der Waals surface area (Å²) in [6.07, 6.45) is 2.56. The number of nitrogens with one attached hydrogen (secondary N) is 1. The van der Waals surface area contributed by atoms with Crippen molar-refractivity contribution in [3.63, 3.8) is 0 Å². The first-order valence-electron chi connectivity index (χ1n) is 7.49. The second kappa shape index (κ2) is 7.05. The van der Waals surface area contributed by atoms with E-state index in [4.69, 9.17) is 4.42 Å². The van der Waals surface area contributed by atoms with E-state index >= 15 is 0 Å². The smallest absolute Gasteiger partial charge is 0.251 e. The van der Waals surface area contributed by atoms with Gasteiger partial charge in [0.2, 0.25) is 0 Å². The molecule has 2 atom stereocenters. The third-order valence-electron chi connectivity index (χ3n) is 3.55. The van der Waals surface area contributed by atoms with E-state index < -0.39 is 6.10 Å². The van der Waals surface area contributed by atoms with Crippen molar-refractivity contribution in [1.29, 1.82) is 0 Å². The first-order chi connectivity index (χ1) is 11.6. The number of aliphatic hydroxyl groups excluding tert-OH is 1. The van der Waals surface area contributed by atoms with Crippen LogP contribution in [0.5, 0.6) is 0 Å². The van der Waals surface area contributed by atoms with Crippen LogP contribution in [0.4, 0.5) is 0 Å². The molecule has 3 rings (SSSR count). The quantitative estimate of drug-likeness (QED) is 0.710. The van der Waals surface area contributed by atoms with Crippen molar-refractivity contribution in [3.05, 3.63) is 60.3 Å². The Bertz CT molecular complexity index is 786. The summed E-state index contributed by atoms with van der Waals surface area (Å²) < 4.78 is 6.63. The molecule has 2 unspecified atom stereocenters. The number of nitrogens with zero attached hydrogens (tertiary/aromatic N) is 4. The summed E-state index contributed by atoms with van der Waals surface area (Å²) in [7, 11) is 0. The molecule has 0 aliphatic carbocycles. The minimum absolute atomic E-state index is 0.228. The molecule has 1 aromatic carbocycles. The molecule has 0 bridgehead atoms. The van der Waals surface area contributed by atoms with Crippen molar-refractivity contribution in [3.8, 4) is 5.69 Å². The van der Waals surface area contributed by atoms with Gasteiger partial charge >= 0.3 is 0 Å². The molecule has 8 nitrogen and oxygen atoms in total. The largest absolute Gasteiger partial charge is 0.467 e. The van der Waals surface area contributed by atoms with Crippen LogP contribution in [0.3, 0.4) is 0 Å². The van der Waals surface area contributed by atoms with Gasteiger partial charge in [-0.2, -0.15) is 0 Å². The van der Waals surface area contributed by atoms with Crippen LogP contribution in [0.2, 0.25) is 0 Å². The number of carbonyl (C=O) groups is 1. The Morgan fingerprint density at radius 1 is 1.38 bits per heavy atom. The number of tetrazole rings is 1. The molecule has 3 aromatic rings. The van der Waals surface area contributed by atoms with Crippen LogP contribution in [0.15, 0.2) is 53.4 Å². The molecule has 124 valence electrons. The van der Waals surface area contributed by atoms with Gasteiger partial charge in [0.15, 0.2) is 0 Å². The van der Waals surface area contributed by atoms with Gasteiger partial charge < -0.3 is 14.8 Å². The SMILES string of the molecule is CC(CC(O)c1ccco1)NC(=O)c1cccc(-n2cnnn2)c1. The zero-order chi connectivity index (χ0) is 16.9. The molecule has 1 amide bonds. The Morgan fingerprint density at radius 3 is 2.96 bits per heavy atom. The molecule has 0 radical (unpaired) electrons. The van der Waals surface area contributed by atoms with Crippen LogP contribution >= 0.6 is 0 Å². The maximum absolute atomic E-state index is 12.4. The lowest BCUT2D eigenvalue weighted by Crippen LogP contribution is -2.33. The third-order valence-corrected chi connectivity index (χ3v) is 3.55. The lowest BCUT2D eigenvalue weighted by atomic mass is 10.1. The Labute approximate surface area is 138 Å². The fourth-order valence-corrected chi connectivity index (χ4v) is 2.37. The minimum Gasteiger partial charge on any atom is -0.467 e. The van der Waals surface area contributed by atoms with Gasteiger partial charge in [0.25, 0.3) is 5.91 Å². The average Bonchev–Trinajstić information content (AvgIpc) is 3.28. The molecule has 8 heteroatoms. The lowest BCUT2D eigenvalue weighted by Gasteiger charge is -2.17. The summed E-state index contributed by atoms with van der Waals surface area (Å²) in [5, 5.41) is 23.9. The molecular weight excluding hydrogens is 310 g/mol. The van der Waals surface area contributed by atoms with Gasteiger partial charge in [-0.3, -0.25) is 4.79 Å². The number of hydrogen-bond donors (Lipinski definition) is 2. The van der Waals surface area contributed by atoms with Crippen LogP contribution in [0.1, 0.15) is 35.6 Å². The molecule has 0 spiro atoms. The molecule has 0 aliphatic rings. The number of aromatic nitrogens is 4. The highest BCUT2D eigenvalue weighted by atomic mass is 16.4. The van der Waals surface area contributed by atoms with Crippen LogP contribution in [0, 0.1) is 0 Å². The van der Waals surface area contributed by atoms with Crippen LogP contribution < -0.4 is 5.32 Å². The van der Waals surface area contributed by atoms with Crippen molar-refractivity contribution >= 4 is 5.91 Å². The summed E-state index contributed by atoms with van der Waals surface area (Å²) in [5.41, 5.74) is 1.18. The molecule has 0 aliphatic heterocycles. The molecule has 0 saturated heterocycles. The maximum Gasteiger partial charge on any atom is 0.251 e. The summed E-state index contributed by atoms with van der Waals surface area (Å²) in [6, 6.07) is 10.2. The van der Waals surface area contributed by atoms with Crippen LogP contribution in [-0.4, -0.2) is 37.3 Å². The molecule has 2 heterocycles. The van der Waals surface area contributed by atoms with Gasteiger partial charge in [-0.15, -0.1) is 5.10 Å². The predicted molar refractivity (Wildman–Crippen MR) is 84.4 cm³/mol. The van der Waals surface area contributed by atoms with Crippen LogP contribution in [-0.2, 0) is 0 Å². The highest BCUT2D eigenvalue weighted by Crippen LogP contribution is 2.18. The third kappa shape index (κ3) is 3.66. The molecule has 0 fully saturated rings. The second-order valence-corrected chi connectivity index (χ2v) is 5.45. The van der Waals surface area contributed by atoms with E-state index in [1.54, 1.807) is 36.4 Å². The van der Waals surface area contributed by atoms with E-state index in [0.29, 0.717) is 23.4 Å². The number of hydrogen-bond acceptors (Lipinski definition) is 6. The topological polar surface area (TPSA) is 106 Å². The summed E-state index contributed by atoms with van der Waals surface area (Å²) in [4.78, 5) is 12.4. The van der Waals surface area contributed by atoms with E-state index in [9.17, 15) is 9.90 Å². The van der Waals surface area contributed by atoms with Gasteiger partial charge in [-0.05, 0) is 47.7 Å². The van der Waals surface area contributed by atoms with E-state index in [-0.39, 0.29) is 11.9 Å². The normalized spacial score (nSPS) is 13.4. The summed E-state index contributed by atoms with van der Waals surface area (Å²) >= 11 is 0. The molecule has 24 heavy (non-hydrogen) atoms. The lowest BCUT2D eigenvalue weighted by molar-refractivity contribution is 0.0903. The van der Waals surface area contributed by atoms with E-state index in [2.05, 4.69) is 20.8 Å². The Hall–Kier alpha value is -3.00. The monoisotopic (exact) mass is 327 g/mol. The Morgan fingerprint density at radius 2 is 2.25 bits per heavy atom. The fraction of sp³-hybridized carbons (Fsp3) is 0.250. The Kier molecular flexibility index (Phi) is 4.66. The van der Waals surface area contributed by atoms with E-state index in [1.807, 2.05) is 6.92 Å². The zero-order valence-corrected chi connectivity index (χ0v) is 13.0. The second-order valence-electron chi connectivity index (χ2n) is 5.45. The zero-order valence-electron chi connectivity index (χ0n) is 13.0. The molecule has 2 N–H and O–H groups in total. The van der Waals surface area contributed by atoms with Gasteiger partial charge in [0.1, 0.15) is 18.2 Å². The van der Waals surface area contributed by atoms with E-state index in [1.165, 1.54) is 17.3 Å². The number of carbonyl (C=O) groups excluding carboxylic acids is 1. The first kappa shape index (κ1) is 15.9. The highest BCUT2D eigenvalue weighted by molar-refractivity contribution is 5.94. The number of aliphatic hydroxyl groups is 1.